The second-order valence-corrected chi connectivity index (χ2v) is 5.78. The van der Waals surface area contributed by atoms with Crippen molar-refractivity contribution in [2.45, 2.75) is 27.7 Å². The van der Waals surface area contributed by atoms with Crippen LogP contribution in [0.1, 0.15) is 38.1 Å². The van der Waals surface area contributed by atoms with Crippen molar-refractivity contribution < 1.29 is 4.79 Å². The van der Waals surface area contributed by atoms with Crippen molar-refractivity contribution in [3.63, 3.8) is 0 Å². The fourth-order valence-electron chi connectivity index (χ4n) is 2.86. The average Bonchev–Trinajstić information content (AvgIpc) is 2.65. The monoisotopic (exact) mass is 340 g/mol. The normalized spacial score (nSPS) is 10.4. The van der Waals surface area contributed by atoms with Gasteiger partial charge in [0.25, 0.3) is 5.91 Å². The number of carbonyl (C=O) groups is 1. The van der Waals surface area contributed by atoms with Crippen LogP contribution in [0.3, 0.4) is 0 Å². The molecule has 0 bridgehead atoms. The van der Waals surface area contributed by atoms with Crippen molar-refractivity contribution in [3.8, 4) is 0 Å². The third kappa shape index (κ3) is 4.72. The van der Waals surface area contributed by atoms with E-state index in [1.54, 1.807) is 12.4 Å². The second kappa shape index (κ2) is 9.06. The largest absolute Gasteiger partial charge is 0.372 e. The third-order valence-electron chi connectivity index (χ3n) is 4.37. The molecule has 5 heteroatoms. The summed E-state index contributed by atoms with van der Waals surface area (Å²) in [5.41, 5.74) is 3.48. The van der Waals surface area contributed by atoms with E-state index in [4.69, 9.17) is 0 Å². The van der Waals surface area contributed by atoms with Crippen molar-refractivity contribution in [2.24, 2.45) is 0 Å². The summed E-state index contributed by atoms with van der Waals surface area (Å²) in [6.45, 7) is 12.1. The molecular formula is C20H28N4O. The molecule has 2 aromatic rings. The Morgan fingerprint density at radius 1 is 0.880 bits per heavy atom. The highest BCUT2D eigenvalue weighted by Crippen LogP contribution is 2.19. The molecule has 0 spiro atoms. The highest BCUT2D eigenvalue weighted by atomic mass is 16.1. The maximum atomic E-state index is 12.5. The maximum Gasteiger partial charge on any atom is 0.257 e. The minimum absolute atomic E-state index is 0.142. The Balaban J connectivity index is 2.10. The van der Waals surface area contributed by atoms with Gasteiger partial charge in [0, 0.05) is 43.8 Å². The summed E-state index contributed by atoms with van der Waals surface area (Å²) in [5.74, 6) is -0.142. The van der Waals surface area contributed by atoms with Gasteiger partial charge in [0.2, 0.25) is 0 Å². The third-order valence-corrected chi connectivity index (χ3v) is 4.37. The van der Waals surface area contributed by atoms with E-state index in [2.05, 4.69) is 47.8 Å². The zero-order chi connectivity index (χ0) is 18.2. The lowest BCUT2D eigenvalue weighted by atomic mass is 10.2. The van der Waals surface area contributed by atoms with E-state index in [1.165, 1.54) is 0 Å². The molecule has 0 aliphatic carbocycles. The summed E-state index contributed by atoms with van der Waals surface area (Å²) >= 11 is 0. The zero-order valence-corrected chi connectivity index (χ0v) is 15.6. The average molecular weight is 340 g/mol. The molecular weight excluding hydrogens is 312 g/mol. The standard InChI is InChI=1S/C20H28N4O/c1-5-23(6-2)18-11-9-17(10-12-18)22-20(25)16-13-19(15-21-14-16)24(7-3)8-4/h9-15H,5-8H2,1-4H3,(H,22,25). The van der Waals surface area contributed by atoms with Crippen LogP contribution in [-0.4, -0.2) is 37.1 Å². The van der Waals surface area contributed by atoms with Gasteiger partial charge in [-0.15, -0.1) is 0 Å². The minimum Gasteiger partial charge on any atom is -0.372 e. The minimum atomic E-state index is -0.142. The molecule has 1 heterocycles. The van der Waals surface area contributed by atoms with Crippen molar-refractivity contribution in [1.29, 1.82) is 0 Å². The molecule has 0 saturated carbocycles. The summed E-state index contributed by atoms with van der Waals surface area (Å²) < 4.78 is 0. The van der Waals surface area contributed by atoms with Gasteiger partial charge >= 0.3 is 0 Å². The molecule has 0 saturated heterocycles. The predicted molar refractivity (Wildman–Crippen MR) is 106 cm³/mol. The molecule has 0 atom stereocenters. The summed E-state index contributed by atoms with van der Waals surface area (Å²) in [4.78, 5) is 21.2. The van der Waals surface area contributed by atoms with Crippen LogP contribution in [0.25, 0.3) is 0 Å². The van der Waals surface area contributed by atoms with Gasteiger partial charge in [-0.1, -0.05) is 0 Å². The fourth-order valence-corrected chi connectivity index (χ4v) is 2.86. The van der Waals surface area contributed by atoms with Crippen molar-refractivity contribution in [2.75, 3.05) is 41.3 Å². The molecule has 1 aromatic carbocycles. The van der Waals surface area contributed by atoms with Crippen LogP contribution >= 0.6 is 0 Å². The second-order valence-electron chi connectivity index (χ2n) is 5.78. The molecule has 5 nitrogen and oxygen atoms in total. The number of pyridine rings is 1. The molecule has 1 amide bonds. The van der Waals surface area contributed by atoms with Gasteiger partial charge in [0.05, 0.1) is 17.4 Å². The number of benzene rings is 1. The van der Waals surface area contributed by atoms with Crippen LogP contribution in [0.2, 0.25) is 0 Å². The highest BCUT2D eigenvalue weighted by molar-refractivity contribution is 6.04. The Bertz CT molecular complexity index is 676. The molecule has 1 N–H and O–H groups in total. The van der Waals surface area contributed by atoms with Crippen molar-refractivity contribution in [3.05, 3.63) is 48.3 Å². The molecule has 0 unspecified atom stereocenters. The van der Waals surface area contributed by atoms with E-state index in [0.29, 0.717) is 5.56 Å². The molecule has 25 heavy (non-hydrogen) atoms. The molecule has 0 fully saturated rings. The number of anilines is 3. The Hall–Kier alpha value is -2.56. The van der Waals surface area contributed by atoms with Crippen LogP contribution in [0.4, 0.5) is 17.1 Å². The number of rotatable bonds is 8. The Morgan fingerprint density at radius 2 is 1.44 bits per heavy atom. The van der Waals surface area contributed by atoms with Crippen molar-refractivity contribution >= 4 is 23.0 Å². The maximum absolute atomic E-state index is 12.5. The van der Waals surface area contributed by atoms with E-state index >= 15 is 0 Å². The van der Waals surface area contributed by atoms with Crippen LogP contribution < -0.4 is 15.1 Å². The first-order valence-corrected chi connectivity index (χ1v) is 8.99. The quantitative estimate of drug-likeness (QED) is 0.788. The zero-order valence-electron chi connectivity index (χ0n) is 15.6. The molecule has 134 valence electrons. The van der Waals surface area contributed by atoms with Crippen LogP contribution in [-0.2, 0) is 0 Å². The van der Waals surface area contributed by atoms with Crippen molar-refractivity contribution in [1.82, 2.24) is 4.98 Å². The summed E-state index contributed by atoms with van der Waals surface area (Å²) in [6.07, 6.45) is 3.40. The SMILES string of the molecule is CCN(CC)c1ccc(NC(=O)c2cncc(N(CC)CC)c2)cc1. The lowest BCUT2D eigenvalue weighted by Crippen LogP contribution is -2.23. The van der Waals surface area contributed by atoms with E-state index in [0.717, 1.165) is 43.2 Å². The van der Waals surface area contributed by atoms with Crippen LogP contribution in [0, 0.1) is 0 Å². The molecule has 0 aliphatic heterocycles. The van der Waals surface area contributed by atoms with E-state index in [-0.39, 0.29) is 5.91 Å². The van der Waals surface area contributed by atoms with E-state index in [1.807, 2.05) is 30.3 Å². The van der Waals surface area contributed by atoms with Gasteiger partial charge in [-0.2, -0.15) is 0 Å². The lowest BCUT2D eigenvalue weighted by molar-refractivity contribution is 0.102. The van der Waals surface area contributed by atoms with E-state index in [9.17, 15) is 4.79 Å². The molecule has 0 radical (unpaired) electrons. The van der Waals surface area contributed by atoms with Crippen LogP contribution in [0.5, 0.6) is 0 Å². The van der Waals surface area contributed by atoms with E-state index < -0.39 is 0 Å². The van der Waals surface area contributed by atoms with Gasteiger partial charge in [0.15, 0.2) is 0 Å². The number of hydrogen-bond acceptors (Lipinski definition) is 4. The summed E-state index contributed by atoms with van der Waals surface area (Å²) in [7, 11) is 0. The predicted octanol–water partition coefficient (Wildman–Crippen LogP) is 4.03. The van der Waals surface area contributed by atoms with Gasteiger partial charge in [0.1, 0.15) is 0 Å². The number of nitrogens with one attached hydrogen (secondary N) is 1. The highest BCUT2D eigenvalue weighted by Gasteiger charge is 2.10. The first-order chi connectivity index (χ1) is 12.1. The molecule has 1 aromatic heterocycles. The number of hydrogen-bond donors (Lipinski definition) is 1. The number of aromatic nitrogens is 1. The van der Waals surface area contributed by atoms with Gasteiger partial charge in [-0.05, 0) is 58.0 Å². The Labute approximate surface area is 150 Å². The number of carbonyl (C=O) groups excluding carboxylic acids is 1. The summed E-state index contributed by atoms with van der Waals surface area (Å²) in [6, 6.07) is 9.83. The van der Waals surface area contributed by atoms with Gasteiger partial charge < -0.3 is 15.1 Å². The number of amides is 1. The first-order valence-electron chi connectivity index (χ1n) is 8.99. The smallest absolute Gasteiger partial charge is 0.257 e. The number of nitrogens with zero attached hydrogens (tertiary/aromatic N) is 3. The summed E-state index contributed by atoms with van der Waals surface area (Å²) in [5, 5.41) is 2.95. The lowest BCUT2D eigenvalue weighted by Gasteiger charge is -2.21. The Morgan fingerprint density at radius 3 is 2.00 bits per heavy atom. The van der Waals surface area contributed by atoms with Crippen LogP contribution in [0.15, 0.2) is 42.7 Å². The van der Waals surface area contributed by atoms with Gasteiger partial charge in [-0.25, -0.2) is 0 Å². The first kappa shape index (κ1) is 18.8. The Kier molecular flexibility index (Phi) is 6.81. The topological polar surface area (TPSA) is 48.5 Å². The molecule has 0 aliphatic rings. The van der Waals surface area contributed by atoms with Gasteiger partial charge in [-0.3, -0.25) is 9.78 Å². The fraction of sp³-hybridized carbons (Fsp3) is 0.400. The molecule has 2 rings (SSSR count).